The zero-order valence-corrected chi connectivity index (χ0v) is 48.0. The average Bonchev–Trinajstić information content (AvgIpc) is 3.84. The van der Waals surface area contributed by atoms with Gasteiger partial charge in [-0.25, -0.2) is 0 Å². The van der Waals surface area contributed by atoms with Gasteiger partial charge in [-0.3, -0.25) is 33.6 Å². The number of unbranched alkanes of at least 4 members (excludes halogenated alkanes) is 9. The van der Waals surface area contributed by atoms with Crippen molar-refractivity contribution in [2.24, 2.45) is 0 Å². The highest BCUT2D eigenvalue weighted by atomic mass is 35.5. The molecule has 0 saturated carbocycles. The van der Waals surface area contributed by atoms with Crippen LogP contribution >= 0.6 is 11.6 Å². The molecule has 0 aromatic carbocycles. The van der Waals surface area contributed by atoms with Gasteiger partial charge in [0.2, 0.25) is 0 Å². The number of hydrogen-bond donors (Lipinski definition) is 0. The van der Waals surface area contributed by atoms with E-state index < -0.39 is 176 Å². The van der Waals surface area contributed by atoms with Crippen molar-refractivity contribution in [3.05, 3.63) is 0 Å². The lowest BCUT2D eigenvalue weighted by Gasteiger charge is -2.50. The van der Waals surface area contributed by atoms with Gasteiger partial charge in [0.05, 0.1) is 24.4 Å². The van der Waals surface area contributed by atoms with Crippen molar-refractivity contribution in [2.75, 3.05) is 12.5 Å². The van der Waals surface area contributed by atoms with Crippen molar-refractivity contribution in [3.8, 4) is 0 Å². The van der Waals surface area contributed by atoms with E-state index in [0.717, 1.165) is 67.2 Å². The first kappa shape index (κ1) is 65.0. The predicted octanol–water partition coefficient (Wildman–Crippen LogP) is 5.32. The molecule has 24 nitrogen and oxygen atoms in total. The Morgan fingerprint density at radius 2 is 0.718 bits per heavy atom. The Balaban J connectivity index is 1.47. The summed E-state index contributed by atoms with van der Waals surface area (Å²) in [5, 5.41) is 0. The molecule has 5 rings (SSSR count). The van der Waals surface area contributed by atoms with Gasteiger partial charge < -0.3 is 80.5 Å². The van der Waals surface area contributed by atoms with Crippen LogP contribution in [0.1, 0.15) is 154 Å². The summed E-state index contributed by atoms with van der Waals surface area (Å²) in [6.07, 6.45) is -15.2. The lowest BCUT2D eigenvalue weighted by Crippen LogP contribution is -2.68. The van der Waals surface area contributed by atoms with Gasteiger partial charge in [-0.05, 0) is 48.0 Å². The molecule has 0 bridgehead atoms. The first-order valence-corrected chi connectivity index (χ1v) is 27.7. The lowest BCUT2D eigenvalue weighted by molar-refractivity contribution is -0.383. The van der Waals surface area contributed by atoms with E-state index >= 15 is 0 Å². The van der Waals surface area contributed by atoms with Gasteiger partial charge in [0.25, 0.3) is 0 Å². The smallest absolute Gasteiger partial charge is 0.321 e. The van der Waals surface area contributed by atoms with Crippen molar-refractivity contribution in [1.29, 1.82) is 0 Å². The first-order valence-electron chi connectivity index (χ1n) is 27.2. The van der Waals surface area contributed by atoms with Gasteiger partial charge >= 0.3 is 41.8 Å². The minimum absolute atomic E-state index is 0.414. The van der Waals surface area contributed by atoms with E-state index in [-0.39, 0.29) is 0 Å². The third kappa shape index (κ3) is 18.3. The maximum absolute atomic E-state index is 13.4. The molecule has 0 spiro atoms. The van der Waals surface area contributed by atoms with E-state index in [4.69, 9.17) is 92.1 Å². The van der Waals surface area contributed by atoms with Crippen molar-refractivity contribution in [1.82, 2.24) is 0 Å². The van der Waals surface area contributed by atoms with Gasteiger partial charge in [0.1, 0.15) is 36.4 Å². The minimum atomic E-state index is -1.79. The summed E-state index contributed by atoms with van der Waals surface area (Å²) in [6.45, 7) is 18.9. The van der Waals surface area contributed by atoms with Gasteiger partial charge in [0, 0.05) is 48.1 Å². The number of esters is 7. The van der Waals surface area contributed by atoms with E-state index in [1.165, 1.54) is 52.4 Å². The van der Waals surface area contributed by atoms with E-state index in [1.807, 2.05) is 0 Å². The zero-order valence-electron chi connectivity index (χ0n) is 47.2. The molecule has 0 N–H and O–H groups in total. The molecule has 5 heterocycles. The van der Waals surface area contributed by atoms with Crippen LogP contribution in [0, 0.1) is 0 Å². The van der Waals surface area contributed by atoms with Crippen molar-refractivity contribution >= 4 is 53.4 Å². The average molecular weight is 1140 g/mol. The standard InChI is InChI=1S/C53H83ClO24/c1-14-15-16-17-18-19-20-21-22-23-24-62-49-48-44(77-53(12,13)78-48)40(29(5)63-49)74-52-47(73-36(61)25-54)43(39(28(4)66-52)69-32(8)57)76-51-46(72-35(11)60)42(38(27(3)65-51)68-31(7)56)75-50-45(71-34(10)59)41(70-33(9)58)37(26(2)64-50)67-30(6)55/h26-29,37-52H,14-25H2,1-13H3/t26-,27-,28-,29-,37-,38-,39-,40-,41+,42+,43+,44+,45+,46+,47+,48+,49+,50-,51-,52-/m0/s1. The minimum Gasteiger partial charge on any atom is -0.457 e. The summed E-state index contributed by atoms with van der Waals surface area (Å²) < 4.78 is 105. The molecule has 0 unspecified atom stereocenters. The van der Waals surface area contributed by atoms with Crippen LogP contribution in [0.15, 0.2) is 0 Å². The molecule has 0 amide bonds. The molecular weight excluding hydrogens is 1060 g/mol. The fourth-order valence-corrected chi connectivity index (χ4v) is 10.4. The molecule has 5 aliphatic rings. The van der Waals surface area contributed by atoms with Crippen LogP contribution < -0.4 is 0 Å². The molecule has 20 atom stereocenters. The number of ether oxygens (including phenoxy) is 17. The first-order chi connectivity index (χ1) is 36.8. The maximum Gasteiger partial charge on any atom is 0.321 e. The molecule has 5 saturated heterocycles. The molecule has 5 fully saturated rings. The molecule has 0 radical (unpaired) electrons. The SMILES string of the molecule is CCCCCCCCCCCCO[C@@H]1O[C@@H](C)[C@H](O[C@@H]2O[C@@H](C)[C@H](OC(C)=O)[C@@H](O[C@@H]3O[C@@H](C)[C@H](OC(C)=O)[C@@H](O[C@@H]4O[C@@H](C)[C@H](OC(C)=O)[C@@H](OC(C)=O)[C@H]4OC(C)=O)[C@H]3OC(C)=O)[C@H]2OC(=O)CCl)[C@H]2OC(C)(C)O[C@@H]12. The second kappa shape index (κ2) is 30.3. The lowest BCUT2D eigenvalue weighted by atomic mass is 9.95. The summed E-state index contributed by atoms with van der Waals surface area (Å²) in [6, 6.07) is 0. The summed E-state index contributed by atoms with van der Waals surface area (Å²) in [7, 11) is 0. The number of carbonyl (C=O) groups excluding carboxylic acids is 7. The Morgan fingerprint density at radius 1 is 0.397 bits per heavy atom. The third-order valence-electron chi connectivity index (χ3n) is 13.6. The highest BCUT2D eigenvalue weighted by Crippen LogP contribution is 2.42. The number of rotatable bonds is 26. The van der Waals surface area contributed by atoms with E-state index in [2.05, 4.69) is 6.92 Å². The summed E-state index contributed by atoms with van der Waals surface area (Å²) >= 11 is 6.05. The Bertz CT molecular complexity index is 1990. The fourth-order valence-electron chi connectivity index (χ4n) is 10.4. The van der Waals surface area contributed by atoms with Crippen LogP contribution in [-0.2, 0) is 114 Å². The summed E-state index contributed by atoms with van der Waals surface area (Å²) in [4.78, 5) is 89.7. The molecule has 25 heteroatoms. The Hall–Kier alpha value is -3.82. The second-order valence-electron chi connectivity index (χ2n) is 20.8. The largest absolute Gasteiger partial charge is 0.457 e. The van der Waals surface area contributed by atoms with Gasteiger partial charge in [-0.2, -0.15) is 0 Å². The van der Waals surface area contributed by atoms with E-state index in [0.29, 0.717) is 6.61 Å². The van der Waals surface area contributed by atoms with E-state index in [1.54, 1.807) is 27.7 Å². The number of fused-ring (bicyclic) bond motifs is 1. The number of alkyl halides is 1. The highest BCUT2D eigenvalue weighted by molar-refractivity contribution is 6.26. The normalized spacial score (nSPS) is 36.3. The second-order valence-corrected chi connectivity index (χ2v) is 21.1. The maximum atomic E-state index is 13.4. The van der Waals surface area contributed by atoms with Crippen molar-refractivity contribution < 1.29 is 114 Å². The molecule has 0 aromatic rings. The Labute approximate surface area is 461 Å². The van der Waals surface area contributed by atoms with Gasteiger partial charge in [-0.1, -0.05) is 64.7 Å². The van der Waals surface area contributed by atoms with Crippen LogP contribution in [0.25, 0.3) is 0 Å². The molecular formula is C53H83ClO24. The van der Waals surface area contributed by atoms with Gasteiger partial charge in [0.15, 0.2) is 73.7 Å². The van der Waals surface area contributed by atoms with Crippen LogP contribution in [-0.4, -0.2) is 183 Å². The summed E-state index contributed by atoms with van der Waals surface area (Å²) in [5.74, 6) is -7.84. The quantitative estimate of drug-likeness (QED) is 0.0459. The molecule has 0 aromatic heterocycles. The highest BCUT2D eigenvalue weighted by Gasteiger charge is 2.61. The monoisotopic (exact) mass is 1140 g/mol. The van der Waals surface area contributed by atoms with Crippen molar-refractivity contribution in [2.45, 2.75) is 283 Å². The van der Waals surface area contributed by atoms with E-state index in [9.17, 15) is 33.6 Å². The molecule has 0 aliphatic carbocycles. The van der Waals surface area contributed by atoms with Crippen molar-refractivity contribution in [3.63, 3.8) is 0 Å². The fraction of sp³-hybridized carbons (Fsp3) is 0.868. The molecule has 78 heavy (non-hydrogen) atoms. The topological polar surface area (TPSA) is 276 Å². The zero-order chi connectivity index (χ0) is 57.6. The number of hydrogen-bond acceptors (Lipinski definition) is 24. The molecule has 5 aliphatic heterocycles. The number of halogens is 1. The van der Waals surface area contributed by atoms with Gasteiger partial charge in [-0.15, -0.1) is 11.6 Å². The van der Waals surface area contributed by atoms with Crippen LogP contribution in [0.4, 0.5) is 0 Å². The Kier molecular flexibility index (Phi) is 25.2. The van der Waals surface area contributed by atoms with Crippen LogP contribution in [0.3, 0.4) is 0 Å². The Morgan fingerprint density at radius 3 is 1.14 bits per heavy atom. The summed E-state index contributed by atoms with van der Waals surface area (Å²) in [5.41, 5.74) is 0. The van der Waals surface area contributed by atoms with Crippen LogP contribution in [0.5, 0.6) is 0 Å². The predicted molar refractivity (Wildman–Crippen MR) is 268 cm³/mol. The molecule has 446 valence electrons. The van der Waals surface area contributed by atoms with Crippen LogP contribution in [0.2, 0.25) is 0 Å². The third-order valence-corrected chi connectivity index (χ3v) is 13.8. The number of carbonyl (C=O) groups is 7.